The minimum atomic E-state index is -4.59. The van der Waals surface area contributed by atoms with E-state index in [1.165, 1.54) is 0 Å². The molecule has 198 valence electrons. The van der Waals surface area contributed by atoms with Crippen LogP contribution in [0, 0.1) is 12.8 Å². The third-order valence-corrected chi connectivity index (χ3v) is 6.51. The molecule has 0 bridgehead atoms. The summed E-state index contributed by atoms with van der Waals surface area (Å²) < 4.78 is 42.6. The van der Waals surface area contributed by atoms with Crippen LogP contribution < -0.4 is 10.6 Å². The summed E-state index contributed by atoms with van der Waals surface area (Å²) in [6.07, 6.45) is 0.991. The number of aromatic nitrogens is 4. The van der Waals surface area contributed by atoms with Gasteiger partial charge in [-0.2, -0.15) is 23.3 Å². The fourth-order valence-corrected chi connectivity index (χ4v) is 4.65. The molecule has 0 spiro atoms. The number of hydrogen-bond donors (Lipinski definition) is 2. The minimum Gasteiger partial charge on any atom is -0.369 e. The van der Waals surface area contributed by atoms with E-state index in [2.05, 4.69) is 44.4 Å². The molecule has 2 aromatic heterocycles. The Bertz CT molecular complexity index is 1050. The maximum Gasteiger partial charge on any atom is 0.421 e. The summed E-state index contributed by atoms with van der Waals surface area (Å²) in [7, 11) is 0. The van der Waals surface area contributed by atoms with Gasteiger partial charge in [0.2, 0.25) is 11.9 Å². The van der Waals surface area contributed by atoms with Crippen molar-refractivity contribution < 1.29 is 18.0 Å². The van der Waals surface area contributed by atoms with Gasteiger partial charge in [-0.15, -0.1) is 0 Å². The Kier molecular flexibility index (Phi) is 8.01. The molecule has 2 saturated heterocycles. The summed E-state index contributed by atoms with van der Waals surface area (Å²) >= 11 is 0. The van der Waals surface area contributed by atoms with Crippen molar-refractivity contribution >= 4 is 23.4 Å². The lowest BCUT2D eigenvalue weighted by Gasteiger charge is -2.40. The standard InChI is InChI=1S/C24H35F3N8O/c1-16(2)12-33-13-18(14-33)35-15-20(17(3)32-35)30-23-29-11-19(24(25,26)27)22(31-23)28-8-6-10-34-9-5-4-7-21(34)36/h11,15-16,18H,4-10,12-14H2,1-3H3,(H2,28,29,30,31). The molecule has 36 heavy (non-hydrogen) atoms. The summed E-state index contributed by atoms with van der Waals surface area (Å²) in [6, 6.07) is 0.274. The molecular weight excluding hydrogens is 473 g/mol. The van der Waals surface area contributed by atoms with Gasteiger partial charge in [-0.3, -0.25) is 14.4 Å². The van der Waals surface area contributed by atoms with Crippen LogP contribution in [0.5, 0.6) is 0 Å². The predicted octanol–water partition coefficient (Wildman–Crippen LogP) is 4.07. The molecule has 9 nitrogen and oxygen atoms in total. The Morgan fingerprint density at radius 3 is 2.69 bits per heavy atom. The number of alkyl halides is 3. The molecule has 1 amide bonds. The molecule has 0 unspecified atom stereocenters. The van der Waals surface area contributed by atoms with Crippen LogP contribution in [-0.4, -0.2) is 74.7 Å². The van der Waals surface area contributed by atoms with Gasteiger partial charge in [0, 0.05) is 58.1 Å². The van der Waals surface area contributed by atoms with E-state index < -0.39 is 11.7 Å². The number of halogens is 3. The topological polar surface area (TPSA) is 91.2 Å². The van der Waals surface area contributed by atoms with Crippen molar-refractivity contribution in [3.05, 3.63) is 23.7 Å². The maximum absolute atomic E-state index is 13.6. The SMILES string of the molecule is Cc1nn(C2CN(CC(C)C)C2)cc1Nc1ncc(C(F)(F)F)c(NCCCN2CCCCC2=O)n1. The Morgan fingerprint density at radius 1 is 1.22 bits per heavy atom. The van der Waals surface area contributed by atoms with Gasteiger partial charge in [0.05, 0.1) is 17.4 Å². The molecule has 12 heteroatoms. The normalized spacial score (nSPS) is 17.5. The third kappa shape index (κ3) is 6.45. The molecule has 2 fully saturated rings. The van der Waals surface area contributed by atoms with Crippen molar-refractivity contribution in [1.82, 2.24) is 29.5 Å². The van der Waals surface area contributed by atoms with Crippen LogP contribution in [0.2, 0.25) is 0 Å². The average molecular weight is 509 g/mol. The quantitative estimate of drug-likeness (QED) is 0.468. The van der Waals surface area contributed by atoms with E-state index in [9.17, 15) is 18.0 Å². The largest absolute Gasteiger partial charge is 0.421 e. The Labute approximate surface area is 209 Å². The van der Waals surface area contributed by atoms with Gasteiger partial charge in [-0.05, 0) is 32.1 Å². The fraction of sp³-hybridized carbons (Fsp3) is 0.667. The number of anilines is 3. The van der Waals surface area contributed by atoms with Crippen LogP contribution >= 0.6 is 0 Å². The second-order valence-electron chi connectivity index (χ2n) is 10.1. The number of amides is 1. The van der Waals surface area contributed by atoms with Crippen molar-refractivity contribution in [2.45, 2.75) is 58.7 Å². The Hall–Kier alpha value is -2.89. The van der Waals surface area contributed by atoms with Crippen LogP contribution in [0.15, 0.2) is 12.4 Å². The highest BCUT2D eigenvalue weighted by molar-refractivity contribution is 5.76. The first kappa shape index (κ1) is 26.2. The molecule has 0 atom stereocenters. The summed E-state index contributed by atoms with van der Waals surface area (Å²) in [4.78, 5) is 24.1. The zero-order chi connectivity index (χ0) is 25.9. The molecule has 4 heterocycles. The third-order valence-electron chi connectivity index (χ3n) is 6.51. The van der Waals surface area contributed by atoms with E-state index in [0.717, 1.165) is 44.4 Å². The summed E-state index contributed by atoms with van der Waals surface area (Å²) in [6.45, 7) is 10.6. The lowest BCUT2D eigenvalue weighted by atomic mass is 10.1. The van der Waals surface area contributed by atoms with Gasteiger partial charge in [0.15, 0.2) is 0 Å². The van der Waals surface area contributed by atoms with Crippen molar-refractivity contribution in [3.63, 3.8) is 0 Å². The number of aryl methyl sites for hydroxylation is 1. The molecule has 0 aromatic carbocycles. The highest BCUT2D eigenvalue weighted by Gasteiger charge is 2.35. The minimum absolute atomic E-state index is 0.0643. The first-order chi connectivity index (χ1) is 17.1. The maximum atomic E-state index is 13.6. The molecule has 2 aliphatic rings. The monoisotopic (exact) mass is 508 g/mol. The van der Waals surface area contributed by atoms with E-state index in [-0.39, 0.29) is 30.3 Å². The van der Waals surface area contributed by atoms with Crippen molar-refractivity contribution in [3.8, 4) is 0 Å². The van der Waals surface area contributed by atoms with Crippen molar-refractivity contribution in [1.29, 1.82) is 0 Å². The summed E-state index contributed by atoms with van der Waals surface area (Å²) in [5.74, 6) is 0.498. The summed E-state index contributed by atoms with van der Waals surface area (Å²) in [5, 5.41) is 10.4. The average Bonchev–Trinajstić information content (AvgIpc) is 3.13. The van der Waals surface area contributed by atoms with E-state index in [4.69, 9.17) is 0 Å². The van der Waals surface area contributed by atoms with Gasteiger partial charge >= 0.3 is 6.18 Å². The van der Waals surface area contributed by atoms with Gasteiger partial charge in [0.25, 0.3) is 0 Å². The zero-order valence-electron chi connectivity index (χ0n) is 21.1. The second kappa shape index (κ2) is 11.0. The molecule has 0 aliphatic carbocycles. The number of carbonyl (C=O) groups is 1. The number of piperidine rings is 1. The first-order valence-electron chi connectivity index (χ1n) is 12.6. The number of carbonyl (C=O) groups excluding carboxylic acids is 1. The molecule has 2 aromatic rings. The fourth-order valence-electron chi connectivity index (χ4n) is 4.65. The zero-order valence-corrected chi connectivity index (χ0v) is 21.1. The van der Waals surface area contributed by atoms with Gasteiger partial charge < -0.3 is 15.5 Å². The number of hydrogen-bond acceptors (Lipinski definition) is 7. The van der Waals surface area contributed by atoms with E-state index in [1.807, 2.05) is 17.8 Å². The molecule has 2 N–H and O–H groups in total. The summed E-state index contributed by atoms with van der Waals surface area (Å²) in [5.41, 5.74) is 0.461. The predicted molar refractivity (Wildman–Crippen MR) is 131 cm³/mol. The number of nitrogens with one attached hydrogen (secondary N) is 2. The Morgan fingerprint density at radius 2 is 2.00 bits per heavy atom. The lowest BCUT2D eigenvalue weighted by molar-refractivity contribution is -0.137. The molecular formula is C24H35F3N8O. The second-order valence-corrected chi connectivity index (χ2v) is 10.1. The van der Waals surface area contributed by atoms with Crippen LogP contribution in [0.3, 0.4) is 0 Å². The number of rotatable bonds is 10. The van der Waals surface area contributed by atoms with Crippen LogP contribution in [0.1, 0.15) is 56.8 Å². The van der Waals surface area contributed by atoms with Crippen molar-refractivity contribution in [2.75, 3.05) is 49.9 Å². The highest BCUT2D eigenvalue weighted by Crippen LogP contribution is 2.34. The van der Waals surface area contributed by atoms with E-state index >= 15 is 0 Å². The molecule has 4 rings (SSSR count). The molecule has 2 aliphatic heterocycles. The molecule has 0 radical (unpaired) electrons. The van der Waals surface area contributed by atoms with E-state index in [0.29, 0.717) is 37.5 Å². The van der Waals surface area contributed by atoms with Crippen LogP contribution in [0.4, 0.5) is 30.6 Å². The van der Waals surface area contributed by atoms with E-state index in [1.54, 1.807) is 4.90 Å². The van der Waals surface area contributed by atoms with Gasteiger partial charge in [-0.25, -0.2) is 4.98 Å². The molecule has 0 saturated carbocycles. The van der Waals surface area contributed by atoms with Gasteiger partial charge in [-0.1, -0.05) is 13.8 Å². The van der Waals surface area contributed by atoms with Crippen LogP contribution in [0.25, 0.3) is 0 Å². The Balaban J connectivity index is 1.39. The van der Waals surface area contributed by atoms with Crippen LogP contribution in [-0.2, 0) is 11.0 Å². The highest BCUT2D eigenvalue weighted by atomic mass is 19.4. The smallest absolute Gasteiger partial charge is 0.369 e. The first-order valence-corrected chi connectivity index (χ1v) is 12.6. The number of nitrogens with zero attached hydrogens (tertiary/aromatic N) is 6. The van der Waals surface area contributed by atoms with Gasteiger partial charge in [0.1, 0.15) is 11.4 Å². The van der Waals surface area contributed by atoms with Crippen molar-refractivity contribution in [2.24, 2.45) is 5.92 Å². The lowest BCUT2D eigenvalue weighted by Crippen LogP contribution is -2.49. The number of likely N-dealkylation sites (tertiary alicyclic amines) is 2.